The topological polar surface area (TPSA) is 60.4 Å². The summed E-state index contributed by atoms with van der Waals surface area (Å²) >= 11 is 0. The number of nitrogens with one attached hydrogen (secondary N) is 1. The zero-order chi connectivity index (χ0) is 19.8. The molecule has 2 fully saturated rings. The molecule has 0 saturated carbocycles. The number of hydrogen-bond acceptors (Lipinski definition) is 4. The Kier molecular flexibility index (Phi) is 11.7. The van der Waals surface area contributed by atoms with Crippen LogP contribution in [0.2, 0.25) is 0 Å². The second-order valence-corrected chi connectivity index (χ2v) is 8.07. The molecule has 0 aromatic carbocycles. The van der Waals surface area contributed by atoms with Gasteiger partial charge in [0.15, 0.2) is 5.96 Å². The quantitative estimate of drug-likeness (QED) is 0.246. The van der Waals surface area contributed by atoms with Crippen molar-refractivity contribution in [1.82, 2.24) is 20.0 Å². The van der Waals surface area contributed by atoms with Gasteiger partial charge in [0.25, 0.3) is 5.91 Å². The molecule has 0 aromatic heterocycles. The van der Waals surface area contributed by atoms with E-state index >= 15 is 0 Å². The van der Waals surface area contributed by atoms with Crippen molar-refractivity contribution in [3.63, 3.8) is 0 Å². The van der Waals surface area contributed by atoms with Crippen LogP contribution in [0.3, 0.4) is 0 Å². The lowest BCUT2D eigenvalue weighted by molar-refractivity contribution is -0.142. The lowest BCUT2D eigenvalue weighted by atomic mass is 10.2. The van der Waals surface area contributed by atoms with E-state index in [-0.39, 0.29) is 36.0 Å². The molecule has 2 aliphatic heterocycles. The zero-order valence-electron chi connectivity index (χ0n) is 18.3. The van der Waals surface area contributed by atoms with E-state index in [1.807, 2.05) is 11.9 Å². The van der Waals surface area contributed by atoms with Crippen LogP contribution in [-0.4, -0.2) is 97.7 Å². The number of guanidine groups is 1. The second kappa shape index (κ2) is 12.8. The van der Waals surface area contributed by atoms with Crippen LogP contribution in [0.15, 0.2) is 4.99 Å². The standard InChI is InChI=1S/C20H39N5O2.HI/c1-16(2)25(17(3)4)10-7-9-22-20(21-5)24-13-11-23(12-14-24)19(26)18-8-6-15-27-18;/h16-18H,6-15H2,1-5H3,(H,21,22);1H. The van der Waals surface area contributed by atoms with Crippen molar-refractivity contribution in [2.24, 2.45) is 4.99 Å². The number of ether oxygens (including phenoxy) is 1. The molecule has 0 bridgehead atoms. The molecule has 8 heteroatoms. The molecule has 1 N–H and O–H groups in total. The Hall–Kier alpha value is -0.610. The van der Waals surface area contributed by atoms with Crippen molar-refractivity contribution in [3.05, 3.63) is 0 Å². The van der Waals surface area contributed by atoms with Gasteiger partial charge >= 0.3 is 0 Å². The molecule has 7 nitrogen and oxygen atoms in total. The molecular weight excluding hydrogens is 469 g/mol. The molecule has 1 amide bonds. The molecule has 2 saturated heterocycles. The first-order chi connectivity index (χ1) is 12.9. The summed E-state index contributed by atoms with van der Waals surface area (Å²) in [6, 6.07) is 1.14. The van der Waals surface area contributed by atoms with Crippen molar-refractivity contribution >= 4 is 35.8 Å². The zero-order valence-corrected chi connectivity index (χ0v) is 20.6. The Morgan fingerprint density at radius 1 is 1.14 bits per heavy atom. The van der Waals surface area contributed by atoms with Gasteiger partial charge in [0.1, 0.15) is 6.10 Å². The summed E-state index contributed by atoms with van der Waals surface area (Å²) in [4.78, 5) is 23.6. The molecule has 0 radical (unpaired) electrons. The van der Waals surface area contributed by atoms with Crippen LogP contribution >= 0.6 is 24.0 Å². The van der Waals surface area contributed by atoms with Crippen LogP contribution < -0.4 is 5.32 Å². The van der Waals surface area contributed by atoms with Gasteiger partial charge in [0, 0.05) is 65.0 Å². The number of piperazine rings is 1. The van der Waals surface area contributed by atoms with Gasteiger partial charge in [-0.15, -0.1) is 24.0 Å². The molecule has 2 rings (SSSR count). The summed E-state index contributed by atoms with van der Waals surface area (Å²) in [5.74, 6) is 1.11. The lowest BCUT2D eigenvalue weighted by Crippen LogP contribution is -2.55. The monoisotopic (exact) mass is 509 g/mol. The number of carbonyl (C=O) groups excluding carboxylic acids is 1. The van der Waals surface area contributed by atoms with Crippen molar-refractivity contribution in [2.45, 2.75) is 65.1 Å². The fourth-order valence-corrected chi connectivity index (χ4v) is 4.02. The van der Waals surface area contributed by atoms with Crippen molar-refractivity contribution in [3.8, 4) is 0 Å². The number of carbonyl (C=O) groups is 1. The van der Waals surface area contributed by atoms with Crippen LogP contribution in [0.5, 0.6) is 0 Å². The number of rotatable bonds is 7. The van der Waals surface area contributed by atoms with Crippen LogP contribution in [0.4, 0.5) is 0 Å². The smallest absolute Gasteiger partial charge is 0.251 e. The first-order valence-corrected chi connectivity index (χ1v) is 10.6. The second-order valence-electron chi connectivity index (χ2n) is 8.07. The molecule has 1 atom stereocenters. The molecule has 1 unspecified atom stereocenters. The summed E-state index contributed by atoms with van der Waals surface area (Å²) in [5, 5.41) is 3.49. The van der Waals surface area contributed by atoms with E-state index in [1.165, 1.54) is 0 Å². The highest BCUT2D eigenvalue weighted by molar-refractivity contribution is 14.0. The van der Waals surface area contributed by atoms with Gasteiger partial charge in [-0.2, -0.15) is 0 Å². The van der Waals surface area contributed by atoms with Gasteiger partial charge in [-0.3, -0.25) is 14.7 Å². The van der Waals surface area contributed by atoms with Gasteiger partial charge in [-0.25, -0.2) is 0 Å². The number of nitrogens with zero attached hydrogens (tertiary/aromatic N) is 4. The maximum absolute atomic E-state index is 12.5. The molecule has 2 heterocycles. The van der Waals surface area contributed by atoms with Crippen LogP contribution in [-0.2, 0) is 9.53 Å². The van der Waals surface area contributed by atoms with Crippen molar-refractivity contribution in [2.75, 3.05) is 52.9 Å². The third-order valence-electron chi connectivity index (χ3n) is 5.51. The summed E-state index contributed by atoms with van der Waals surface area (Å²) in [5.41, 5.74) is 0. The minimum absolute atomic E-state index is 0. The Labute approximate surface area is 188 Å². The summed E-state index contributed by atoms with van der Waals surface area (Å²) < 4.78 is 5.54. The third kappa shape index (κ3) is 7.33. The largest absolute Gasteiger partial charge is 0.368 e. The molecule has 164 valence electrons. The van der Waals surface area contributed by atoms with Gasteiger partial charge in [0.2, 0.25) is 0 Å². The molecular formula is C20H40IN5O2. The Balaban J connectivity index is 0.00000392. The summed E-state index contributed by atoms with van der Waals surface area (Å²) in [7, 11) is 1.83. The minimum atomic E-state index is -0.209. The SMILES string of the molecule is CN=C(NCCCN(C(C)C)C(C)C)N1CCN(C(=O)C2CCCO2)CC1.I. The Bertz CT molecular complexity index is 479. The number of hydrogen-bond donors (Lipinski definition) is 1. The number of aliphatic imine (C=N–C) groups is 1. The average Bonchev–Trinajstić information content (AvgIpc) is 3.18. The van der Waals surface area contributed by atoms with Gasteiger partial charge in [-0.05, 0) is 47.0 Å². The van der Waals surface area contributed by atoms with E-state index in [0.717, 1.165) is 71.1 Å². The molecule has 28 heavy (non-hydrogen) atoms. The van der Waals surface area contributed by atoms with E-state index in [0.29, 0.717) is 12.1 Å². The molecule has 2 aliphatic rings. The van der Waals surface area contributed by atoms with E-state index in [1.54, 1.807) is 0 Å². The Morgan fingerprint density at radius 3 is 2.25 bits per heavy atom. The fourth-order valence-electron chi connectivity index (χ4n) is 4.02. The van der Waals surface area contributed by atoms with E-state index in [4.69, 9.17) is 4.74 Å². The van der Waals surface area contributed by atoms with Crippen LogP contribution in [0.1, 0.15) is 47.0 Å². The highest BCUT2D eigenvalue weighted by Crippen LogP contribution is 2.16. The minimum Gasteiger partial charge on any atom is -0.368 e. The number of amides is 1. The maximum Gasteiger partial charge on any atom is 0.251 e. The van der Waals surface area contributed by atoms with E-state index in [2.05, 4.69) is 47.8 Å². The summed E-state index contributed by atoms with van der Waals surface area (Å²) in [6.45, 7) is 14.9. The fraction of sp³-hybridized carbons (Fsp3) is 0.900. The van der Waals surface area contributed by atoms with Crippen molar-refractivity contribution < 1.29 is 9.53 Å². The van der Waals surface area contributed by atoms with Crippen LogP contribution in [0.25, 0.3) is 0 Å². The van der Waals surface area contributed by atoms with Gasteiger partial charge in [-0.1, -0.05) is 0 Å². The number of halogens is 1. The normalized spacial score (nSPS) is 20.9. The first-order valence-electron chi connectivity index (χ1n) is 10.6. The lowest BCUT2D eigenvalue weighted by Gasteiger charge is -2.37. The van der Waals surface area contributed by atoms with Crippen molar-refractivity contribution in [1.29, 1.82) is 0 Å². The van der Waals surface area contributed by atoms with Crippen LogP contribution in [0, 0.1) is 0 Å². The highest BCUT2D eigenvalue weighted by Gasteiger charge is 2.30. The predicted molar refractivity (Wildman–Crippen MR) is 125 cm³/mol. The average molecular weight is 509 g/mol. The third-order valence-corrected chi connectivity index (χ3v) is 5.51. The molecule has 0 spiro atoms. The Morgan fingerprint density at radius 2 is 1.75 bits per heavy atom. The van der Waals surface area contributed by atoms with E-state index < -0.39 is 0 Å². The van der Waals surface area contributed by atoms with E-state index in [9.17, 15) is 4.79 Å². The first kappa shape index (κ1) is 25.4. The van der Waals surface area contributed by atoms with Gasteiger partial charge in [0.05, 0.1) is 0 Å². The predicted octanol–water partition coefficient (Wildman–Crippen LogP) is 2.01. The maximum atomic E-state index is 12.5. The molecule has 0 aromatic rings. The summed E-state index contributed by atoms with van der Waals surface area (Å²) in [6.07, 6.45) is 2.75. The highest BCUT2D eigenvalue weighted by atomic mass is 127. The molecule has 0 aliphatic carbocycles. The van der Waals surface area contributed by atoms with Gasteiger partial charge < -0.3 is 19.9 Å².